The molecule has 72 valence electrons. The SMILES string of the molecule is OCc1cc([C@@H](O)CO)ccc1O. The van der Waals surface area contributed by atoms with Crippen LogP contribution in [0.25, 0.3) is 0 Å². The van der Waals surface area contributed by atoms with E-state index in [0.717, 1.165) is 0 Å². The van der Waals surface area contributed by atoms with Crippen molar-refractivity contribution in [2.24, 2.45) is 0 Å². The fourth-order valence-electron chi connectivity index (χ4n) is 1.04. The number of phenols is 1. The van der Waals surface area contributed by atoms with Gasteiger partial charge in [0.1, 0.15) is 11.9 Å². The molecule has 0 aliphatic rings. The van der Waals surface area contributed by atoms with Crippen molar-refractivity contribution < 1.29 is 20.4 Å². The summed E-state index contributed by atoms with van der Waals surface area (Å²) in [6.07, 6.45) is -0.967. The number of hydrogen-bond acceptors (Lipinski definition) is 4. The van der Waals surface area contributed by atoms with Crippen molar-refractivity contribution in [3.05, 3.63) is 29.3 Å². The lowest BCUT2D eigenvalue weighted by Crippen LogP contribution is -2.02. The Morgan fingerprint density at radius 2 is 1.92 bits per heavy atom. The van der Waals surface area contributed by atoms with Gasteiger partial charge in [-0.15, -0.1) is 0 Å². The van der Waals surface area contributed by atoms with E-state index in [1.807, 2.05) is 0 Å². The summed E-state index contributed by atoms with van der Waals surface area (Å²) < 4.78 is 0. The molecule has 0 fully saturated rings. The summed E-state index contributed by atoms with van der Waals surface area (Å²) in [4.78, 5) is 0. The first-order chi connectivity index (χ1) is 6.19. The van der Waals surface area contributed by atoms with E-state index in [-0.39, 0.29) is 19.0 Å². The highest BCUT2D eigenvalue weighted by molar-refractivity contribution is 5.36. The van der Waals surface area contributed by atoms with Gasteiger partial charge in [0.15, 0.2) is 0 Å². The smallest absolute Gasteiger partial charge is 0.121 e. The fourth-order valence-corrected chi connectivity index (χ4v) is 1.04. The summed E-state index contributed by atoms with van der Waals surface area (Å²) in [5, 5.41) is 35.9. The summed E-state index contributed by atoms with van der Waals surface area (Å²) >= 11 is 0. The van der Waals surface area contributed by atoms with E-state index in [4.69, 9.17) is 10.2 Å². The zero-order chi connectivity index (χ0) is 9.84. The van der Waals surface area contributed by atoms with E-state index in [2.05, 4.69) is 0 Å². The Morgan fingerprint density at radius 1 is 1.23 bits per heavy atom. The second-order valence-electron chi connectivity index (χ2n) is 2.74. The Bertz CT molecular complexity index is 285. The molecule has 0 radical (unpaired) electrons. The molecule has 0 aromatic heterocycles. The van der Waals surface area contributed by atoms with Crippen LogP contribution in [0.2, 0.25) is 0 Å². The van der Waals surface area contributed by atoms with Crippen molar-refractivity contribution in [3.8, 4) is 5.75 Å². The molecule has 0 spiro atoms. The maximum atomic E-state index is 9.23. The number of aliphatic hydroxyl groups is 3. The van der Waals surface area contributed by atoms with Gasteiger partial charge in [-0.25, -0.2) is 0 Å². The molecule has 0 heterocycles. The average molecular weight is 184 g/mol. The molecule has 4 nitrogen and oxygen atoms in total. The molecule has 13 heavy (non-hydrogen) atoms. The molecule has 0 bridgehead atoms. The van der Waals surface area contributed by atoms with Crippen LogP contribution in [0, 0.1) is 0 Å². The molecule has 1 rings (SSSR count). The first-order valence-corrected chi connectivity index (χ1v) is 3.90. The van der Waals surface area contributed by atoms with Gasteiger partial charge in [-0.05, 0) is 17.7 Å². The van der Waals surface area contributed by atoms with Gasteiger partial charge in [-0.2, -0.15) is 0 Å². The zero-order valence-corrected chi connectivity index (χ0v) is 7.01. The molecular weight excluding hydrogens is 172 g/mol. The van der Waals surface area contributed by atoms with Gasteiger partial charge in [0.2, 0.25) is 0 Å². The van der Waals surface area contributed by atoms with Crippen molar-refractivity contribution >= 4 is 0 Å². The number of benzene rings is 1. The number of aromatic hydroxyl groups is 1. The molecule has 4 N–H and O–H groups in total. The molecule has 0 aliphatic heterocycles. The van der Waals surface area contributed by atoms with Gasteiger partial charge in [-0.1, -0.05) is 6.07 Å². The van der Waals surface area contributed by atoms with E-state index in [1.54, 1.807) is 0 Å². The molecule has 0 saturated heterocycles. The average Bonchev–Trinajstić information content (AvgIpc) is 2.17. The first kappa shape index (κ1) is 9.98. The minimum Gasteiger partial charge on any atom is -0.508 e. The lowest BCUT2D eigenvalue weighted by atomic mass is 10.1. The summed E-state index contributed by atoms with van der Waals surface area (Å²) in [6.45, 7) is -0.673. The number of rotatable bonds is 3. The minimum absolute atomic E-state index is 0.0172. The highest BCUT2D eigenvalue weighted by atomic mass is 16.3. The molecule has 1 atom stereocenters. The molecule has 0 saturated carbocycles. The van der Waals surface area contributed by atoms with Crippen LogP contribution in [-0.4, -0.2) is 27.0 Å². The van der Waals surface area contributed by atoms with Gasteiger partial charge in [-0.3, -0.25) is 0 Å². The quantitative estimate of drug-likeness (QED) is 0.529. The van der Waals surface area contributed by atoms with Crippen molar-refractivity contribution in [1.82, 2.24) is 0 Å². The van der Waals surface area contributed by atoms with Gasteiger partial charge < -0.3 is 20.4 Å². The Labute approximate surface area is 75.7 Å². The summed E-state index contributed by atoms with van der Waals surface area (Å²) in [6, 6.07) is 4.32. The maximum Gasteiger partial charge on any atom is 0.121 e. The van der Waals surface area contributed by atoms with Gasteiger partial charge in [0, 0.05) is 5.56 Å². The van der Waals surface area contributed by atoms with Gasteiger partial charge in [0.05, 0.1) is 13.2 Å². The maximum absolute atomic E-state index is 9.23. The van der Waals surface area contributed by atoms with E-state index in [0.29, 0.717) is 11.1 Å². The monoisotopic (exact) mass is 184 g/mol. The minimum atomic E-state index is -0.967. The third-order valence-corrected chi connectivity index (χ3v) is 1.83. The molecule has 4 heteroatoms. The van der Waals surface area contributed by atoms with Crippen LogP contribution in [0.1, 0.15) is 17.2 Å². The zero-order valence-electron chi connectivity index (χ0n) is 7.01. The molecule has 0 aliphatic carbocycles. The third kappa shape index (κ3) is 2.18. The Morgan fingerprint density at radius 3 is 2.46 bits per heavy atom. The van der Waals surface area contributed by atoms with Gasteiger partial charge >= 0.3 is 0 Å². The number of aliphatic hydroxyl groups excluding tert-OH is 3. The lowest BCUT2D eigenvalue weighted by Gasteiger charge is -2.09. The Balaban J connectivity index is 2.99. The highest BCUT2D eigenvalue weighted by Gasteiger charge is 2.08. The Hall–Kier alpha value is -1.10. The molecular formula is C9H12O4. The summed E-state index contributed by atoms with van der Waals surface area (Å²) in [5.74, 6) is -0.0172. The van der Waals surface area contributed by atoms with Gasteiger partial charge in [0.25, 0.3) is 0 Å². The predicted molar refractivity (Wildman–Crippen MR) is 46.1 cm³/mol. The molecule has 1 aromatic carbocycles. The number of hydrogen-bond donors (Lipinski definition) is 4. The molecule has 0 unspecified atom stereocenters. The first-order valence-electron chi connectivity index (χ1n) is 3.90. The topological polar surface area (TPSA) is 80.9 Å². The predicted octanol–water partition coefficient (Wildman–Crippen LogP) is -0.0898. The largest absolute Gasteiger partial charge is 0.508 e. The van der Waals surface area contributed by atoms with Crippen LogP contribution < -0.4 is 0 Å². The van der Waals surface area contributed by atoms with Crippen molar-refractivity contribution in [1.29, 1.82) is 0 Å². The summed E-state index contributed by atoms with van der Waals surface area (Å²) in [5.41, 5.74) is 0.814. The van der Waals surface area contributed by atoms with Crippen LogP contribution in [0.15, 0.2) is 18.2 Å². The third-order valence-electron chi connectivity index (χ3n) is 1.83. The van der Waals surface area contributed by atoms with E-state index in [1.165, 1.54) is 18.2 Å². The van der Waals surface area contributed by atoms with E-state index >= 15 is 0 Å². The van der Waals surface area contributed by atoms with Crippen molar-refractivity contribution in [3.63, 3.8) is 0 Å². The van der Waals surface area contributed by atoms with Crippen molar-refractivity contribution in [2.75, 3.05) is 6.61 Å². The Kier molecular flexibility index (Phi) is 3.25. The lowest BCUT2D eigenvalue weighted by molar-refractivity contribution is 0.0954. The van der Waals surface area contributed by atoms with E-state index in [9.17, 15) is 10.2 Å². The second-order valence-corrected chi connectivity index (χ2v) is 2.74. The highest BCUT2D eigenvalue weighted by Crippen LogP contribution is 2.21. The summed E-state index contributed by atoms with van der Waals surface area (Å²) in [7, 11) is 0. The van der Waals surface area contributed by atoms with Crippen LogP contribution in [0.5, 0.6) is 5.75 Å². The van der Waals surface area contributed by atoms with E-state index < -0.39 is 6.10 Å². The van der Waals surface area contributed by atoms with Crippen LogP contribution in [0.4, 0.5) is 0 Å². The van der Waals surface area contributed by atoms with Crippen LogP contribution in [0.3, 0.4) is 0 Å². The normalized spacial score (nSPS) is 12.8. The van der Waals surface area contributed by atoms with Crippen molar-refractivity contribution in [2.45, 2.75) is 12.7 Å². The van der Waals surface area contributed by atoms with Crippen LogP contribution in [-0.2, 0) is 6.61 Å². The molecule has 0 amide bonds. The second kappa shape index (κ2) is 4.23. The molecule has 1 aromatic rings. The fraction of sp³-hybridized carbons (Fsp3) is 0.333. The standard InChI is InChI=1S/C9H12O4/c10-4-7-3-6(9(13)5-11)1-2-8(7)12/h1-3,9-13H,4-5H2/t9-/m0/s1. The van der Waals surface area contributed by atoms with Crippen LogP contribution >= 0.6 is 0 Å².